The number of carbonyl (C=O) groups is 2. The van der Waals surface area contributed by atoms with Crippen LogP contribution in [0.25, 0.3) is 0 Å². The van der Waals surface area contributed by atoms with Gasteiger partial charge in [0, 0.05) is 16.7 Å². The molecule has 11 heteroatoms. The lowest BCUT2D eigenvalue weighted by Crippen LogP contribution is -2.24. The zero-order chi connectivity index (χ0) is 23.7. The van der Waals surface area contributed by atoms with E-state index in [4.69, 9.17) is 54.1 Å². The normalized spacial score (nSPS) is 10.6. The van der Waals surface area contributed by atoms with Crippen LogP contribution in [0.2, 0.25) is 15.1 Å². The Hall–Kier alpha value is -2.94. The Bertz CT molecular complexity index is 1040. The van der Waals surface area contributed by atoms with Crippen molar-refractivity contribution < 1.29 is 28.9 Å². The van der Waals surface area contributed by atoms with Gasteiger partial charge < -0.3 is 19.3 Å². The van der Waals surface area contributed by atoms with Gasteiger partial charge in [-0.05, 0) is 30.2 Å². The Balaban J connectivity index is 2.07. The number of hydrogen-bond acceptors (Lipinski definition) is 6. The summed E-state index contributed by atoms with van der Waals surface area (Å²) in [5.74, 6) is -0.892. The first-order chi connectivity index (χ1) is 15.2. The number of nitrogens with zero attached hydrogens (tertiary/aromatic N) is 1. The van der Waals surface area contributed by atoms with E-state index in [9.17, 15) is 9.59 Å². The van der Waals surface area contributed by atoms with Crippen LogP contribution >= 0.6 is 34.8 Å². The summed E-state index contributed by atoms with van der Waals surface area (Å²) in [7, 11) is 1.42. The second kappa shape index (κ2) is 12.2. The number of halogens is 3. The van der Waals surface area contributed by atoms with Gasteiger partial charge >= 0.3 is 5.97 Å². The number of ether oxygens (including phenoxy) is 3. The van der Waals surface area contributed by atoms with Crippen molar-refractivity contribution in [3.63, 3.8) is 0 Å². The molecule has 0 saturated carbocycles. The topological polar surface area (TPSA) is 106 Å². The number of benzene rings is 2. The van der Waals surface area contributed by atoms with E-state index in [0.29, 0.717) is 34.1 Å². The molecular formula is C21H19Cl3N2O6. The Morgan fingerprint density at radius 3 is 2.53 bits per heavy atom. The van der Waals surface area contributed by atoms with Crippen molar-refractivity contribution >= 4 is 52.9 Å². The maximum Gasteiger partial charge on any atom is 0.341 e. The van der Waals surface area contributed by atoms with Gasteiger partial charge in [-0.15, -0.1) is 6.58 Å². The van der Waals surface area contributed by atoms with Gasteiger partial charge in [0.15, 0.2) is 24.7 Å². The van der Waals surface area contributed by atoms with Crippen LogP contribution in [0.15, 0.2) is 42.0 Å². The molecule has 0 heterocycles. The monoisotopic (exact) mass is 500 g/mol. The lowest BCUT2D eigenvalue weighted by molar-refractivity contribution is -0.139. The highest BCUT2D eigenvalue weighted by molar-refractivity contribution is 6.44. The predicted molar refractivity (Wildman–Crippen MR) is 123 cm³/mol. The Labute approximate surface area is 199 Å². The Kier molecular flexibility index (Phi) is 9.64. The number of methoxy groups -OCH3 is 1. The fourth-order valence-electron chi connectivity index (χ4n) is 2.51. The van der Waals surface area contributed by atoms with Crippen molar-refractivity contribution in [2.45, 2.75) is 6.42 Å². The summed E-state index contributed by atoms with van der Waals surface area (Å²) in [6.07, 6.45) is 3.42. The van der Waals surface area contributed by atoms with E-state index in [1.54, 1.807) is 18.2 Å². The van der Waals surface area contributed by atoms with Crippen LogP contribution in [0.3, 0.4) is 0 Å². The smallest absolute Gasteiger partial charge is 0.341 e. The van der Waals surface area contributed by atoms with Crippen LogP contribution in [0.5, 0.6) is 17.2 Å². The number of rotatable bonds is 11. The molecule has 2 N–H and O–H groups in total. The van der Waals surface area contributed by atoms with Crippen molar-refractivity contribution in [2.75, 3.05) is 20.3 Å². The molecule has 0 spiro atoms. The highest BCUT2D eigenvalue weighted by atomic mass is 35.5. The molecule has 0 aliphatic carbocycles. The van der Waals surface area contributed by atoms with Crippen molar-refractivity contribution in [3.8, 4) is 17.2 Å². The van der Waals surface area contributed by atoms with E-state index < -0.39 is 18.5 Å². The molecule has 0 aliphatic heterocycles. The van der Waals surface area contributed by atoms with E-state index >= 15 is 0 Å². The van der Waals surface area contributed by atoms with Crippen molar-refractivity contribution in [3.05, 3.63) is 63.1 Å². The molecule has 2 aromatic carbocycles. The summed E-state index contributed by atoms with van der Waals surface area (Å²) in [5.41, 5.74) is 3.54. The molecule has 0 aliphatic rings. The molecule has 170 valence electrons. The van der Waals surface area contributed by atoms with E-state index in [-0.39, 0.29) is 22.4 Å². The van der Waals surface area contributed by atoms with E-state index in [0.717, 1.165) is 0 Å². The summed E-state index contributed by atoms with van der Waals surface area (Å²) < 4.78 is 16.0. The standard InChI is InChI=1S/C21H19Cl3N2O6/c1-3-4-13-5-12(6-17(30-2)21(13)32-11-19(28)29)9-25-26-18(27)10-31-16-8-14(22)7-15(23)20(16)24/h3,5-9H,1,4,10-11H2,2H3,(H,26,27)(H,28,29)/b25-9-. The molecule has 32 heavy (non-hydrogen) atoms. The van der Waals surface area contributed by atoms with Crippen LogP contribution in [-0.2, 0) is 16.0 Å². The highest BCUT2D eigenvalue weighted by Gasteiger charge is 2.14. The highest BCUT2D eigenvalue weighted by Crippen LogP contribution is 2.35. The maximum atomic E-state index is 12.0. The molecule has 2 aromatic rings. The minimum Gasteiger partial charge on any atom is -0.493 e. The van der Waals surface area contributed by atoms with Gasteiger partial charge in [0.05, 0.1) is 18.3 Å². The number of carboxylic acid groups (broad SMARTS) is 1. The summed E-state index contributed by atoms with van der Waals surface area (Å²) in [6.45, 7) is 2.79. The number of hydrazone groups is 1. The van der Waals surface area contributed by atoms with Gasteiger partial charge in [-0.2, -0.15) is 5.10 Å². The summed E-state index contributed by atoms with van der Waals surface area (Å²) in [6, 6.07) is 6.19. The molecule has 0 saturated heterocycles. The number of carboxylic acids is 1. The van der Waals surface area contributed by atoms with E-state index in [1.165, 1.54) is 25.5 Å². The van der Waals surface area contributed by atoms with Crippen molar-refractivity contribution in [1.29, 1.82) is 0 Å². The molecule has 1 amide bonds. The number of aliphatic carboxylic acids is 1. The van der Waals surface area contributed by atoms with Gasteiger partial charge in [0.2, 0.25) is 0 Å². The minimum atomic E-state index is -1.12. The van der Waals surface area contributed by atoms with Gasteiger partial charge in [-0.25, -0.2) is 10.2 Å². The molecular weight excluding hydrogens is 483 g/mol. The summed E-state index contributed by atoms with van der Waals surface area (Å²) in [5, 5.41) is 13.4. The number of hydrogen-bond donors (Lipinski definition) is 2. The van der Waals surface area contributed by atoms with Gasteiger partial charge in [-0.3, -0.25) is 4.79 Å². The van der Waals surface area contributed by atoms with Crippen LogP contribution in [-0.4, -0.2) is 43.5 Å². The maximum absolute atomic E-state index is 12.0. The molecule has 2 rings (SSSR count). The molecule has 8 nitrogen and oxygen atoms in total. The quantitative estimate of drug-likeness (QED) is 0.205. The van der Waals surface area contributed by atoms with Gasteiger partial charge in [0.25, 0.3) is 5.91 Å². The zero-order valence-electron chi connectivity index (χ0n) is 16.9. The van der Waals surface area contributed by atoms with E-state index in [1.807, 2.05) is 0 Å². The van der Waals surface area contributed by atoms with Crippen molar-refractivity contribution in [1.82, 2.24) is 5.43 Å². The second-order valence-corrected chi connectivity index (χ2v) is 7.39. The van der Waals surface area contributed by atoms with Crippen LogP contribution < -0.4 is 19.6 Å². The number of allylic oxidation sites excluding steroid dienone is 1. The molecule has 0 radical (unpaired) electrons. The molecule has 0 bridgehead atoms. The van der Waals surface area contributed by atoms with Gasteiger partial charge in [0.1, 0.15) is 10.8 Å². The lowest BCUT2D eigenvalue weighted by atomic mass is 10.1. The number of carbonyl (C=O) groups excluding carboxylic acids is 1. The first kappa shape index (κ1) is 25.3. The second-order valence-electron chi connectivity index (χ2n) is 6.17. The van der Waals surface area contributed by atoms with Crippen LogP contribution in [0.1, 0.15) is 11.1 Å². The Morgan fingerprint density at radius 2 is 1.88 bits per heavy atom. The fourth-order valence-corrected chi connectivity index (χ4v) is 3.14. The average molecular weight is 502 g/mol. The SMILES string of the molecule is C=CCc1cc(/C=N\NC(=O)COc2cc(Cl)cc(Cl)c2Cl)cc(OC)c1OCC(=O)O. The third kappa shape index (κ3) is 7.33. The lowest BCUT2D eigenvalue weighted by Gasteiger charge is -2.14. The van der Waals surface area contributed by atoms with Crippen LogP contribution in [0, 0.1) is 0 Å². The van der Waals surface area contributed by atoms with Gasteiger partial charge in [-0.1, -0.05) is 40.9 Å². The summed E-state index contributed by atoms with van der Waals surface area (Å²) >= 11 is 17.8. The number of nitrogens with one attached hydrogen (secondary N) is 1. The predicted octanol–water partition coefficient (Wildman–Crippen LogP) is 4.38. The molecule has 0 unspecified atom stereocenters. The minimum absolute atomic E-state index is 0.138. The molecule has 0 aromatic heterocycles. The van der Waals surface area contributed by atoms with Crippen molar-refractivity contribution in [2.24, 2.45) is 5.10 Å². The third-order valence-electron chi connectivity index (χ3n) is 3.80. The summed E-state index contributed by atoms with van der Waals surface area (Å²) in [4.78, 5) is 22.8. The van der Waals surface area contributed by atoms with E-state index in [2.05, 4.69) is 17.1 Å². The molecule has 0 fully saturated rings. The average Bonchev–Trinajstić information content (AvgIpc) is 2.74. The zero-order valence-corrected chi connectivity index (χ0v) is 19.1. The Morgan fingerprint density at radius 1 is 1.12 bits per heavy atom. The third-order valence-corrected chi connectivity index (χ3v) is 4.80. The van der Waals surface area contributed by atoms with Crippen LogP contribution in [0.4, 0.5) is 0 Å². The number of amides is 1. The fraction of sp³-hybridized carbons (Fsp3) is 0.190. The largest absolute Gasteiger partial charge is 0.493 e. The first-order valence-electron chi connectivity index (χ1n) is 9.00. The molecule has 0 atom stereocenters. The first-order valence-corrected chi connectivity index (χ1v) is 10.1.